The molecule has 1 unspecified atom stereocenters. The predicted molar refractivity (Wildman–Crippen MR) is 88.5 cm³/mol. The number of hydrogen-bond donors (Lipinski definition) is 1. The van der Waals surface area contributed by atoms with Gasteiger partial charge in [0.1, 0.15) is 6.61 Å². The number of benzene rings is 1. The first kappa shape index (κ1) is 16.5. The van der Waals surface area contributed by atoms with Crippen LogP contribution in [0.2, 0.25) is 0 Å². The van der Waals surface area contributed by atoms with Gasteiger partial charge in [-0.2, -0.15) is 0 Å². The molecule has 118 valence electrons. The number of esters is 1. The number of carbonyl (C=O) groups is 1. The van der Waals surface area contributed by atoms with Crippen LogP contribution in [-0.4, -0.2) is 24.3 Å². The van der Waals surface area contributed by atoms with Crippen LogP contribution in [0.15, 0.2) is 42.5 Å². The van der Waals surface area contributed by atoms with Gasteiger partial charge in [0.25, 0.3) is 0 Å². The number of rotatable bonds is 6. The van der Waals surface area contributed by atoms with Crippen molar-refractivity contribution < 1.29 is 14.6 Å². The molecule has 0 heterocycles. The van der Waals surface area contributed by atoms with E-state index in [9.17, 15) is 9.90 Å². The molecule has 1 aromatic rings. The van der Waals surface area contributed by atoms with Gasteiger partial charge in [0.05, 0.1) is 6.61 Å². The van der Waals surface area contributed by atoms with Crippen LogP contribution in [0.3, 0.4) is 0 Å². The fourth-order valence-electron chi connectivity index (χ4n) is 2.62. The van der Waals surface area contributed by atoms with Gasteiger partial charge in [0, 0.05) is 11.5 Å². The van der Waals surface area contributed by atoms with Crippen LogP contribution in [0.4, 0.5) is 0 Å². The minimum atomic E-state index is -0.414. The summed E-state index contributed by atoms with van der Waals surface area (Å²) in [5.41, 5.74) is 4.01. The molecular weight excluding hydrogens is 276 g/mol. The summed E-state index contributed by atoms with van der Waals surface area (Å²) in [6.07, 6.45) is 7.15. The van der Waals surface area contributed by atoms with Gasteiger partial charge in [0.15, 0.2) is 0 Å². The molecule has 0 aromatic heterocycles. The highest BCUT2D eigenvalue weighted by Crippen LogP contribution is 2.28. The van der Waals surface area contributed by atoms with E-state index >= 15 is 0 Å². The molecule has 1 aromatic carbocycles. The molecule has 2 rings (SSSR count). The highest BCUT2D eigenvalue weighted by Gasteiger charge is 2.14. The Balaban J connectivity index is 2.02. The van der Waals surface area contributed by atoms with Gasteiger partial charge in [-0.3, -0.25) is 0 Å². The van der Waals surface area contributed by atoms with Gasteiger partial charge < -0.3 is 9.84 Å². The molecule has 0 saturated carbocycles. The Hall–Kier alpha value is -1.87. The average Bonchev–Trinajstić information content (AvgIpc) is 2.56. The first-order valence-electron chi connectivity index (χ1n) is 7.84. The zero-order valence-corrected chi connectivity index (χ0v) is 13.2. The molecule has 3 heteroatoms. The van der Waals surface area contributed by atoms with E-state index in [1.165, 1.54) is 24.0 Å². The van der Waals surface area contributed by atoms with E-state index in [0.717, 1.165) is 18.4 Å². The Morgan fingerprint density at radius 1 is 1.32 bits per heavy atom. The van der Waals surface area contributed by atoms with E-state index in [1.54, 1.807) is 6.92 Å². The van der Waals surface area contributed by atoms with E-state index in [2.05, 4.69) is 24.8 Å². The molecule has 0 saturated heterocycles. The van der Waals surface area contributed by atoms with Crippen molar-refractivity contribution in [3.63, 3.8) is 0 Å². The van der Waals surface area contributed by atoms with Gasteiger partial charge in [0.2, 0.25) is 0 Å². The van der Waals surface area contributed by atoms with E-state index in [0.29, 0.717) is 5.57 Å². The molecule has 1 atom stereocenters. The first-order valence-corrected chi connectivity index (χ1v) is 7.84. The second-order valence-corrected chi connectivity index (χ2v) is 5.86. The zero-order valence-electron chi connectivity index (χ0n) is 13.2. The quantitative estimate of drug-likeness (QED) is 0.641. The lowest BCUT2D eigenvalue weighted by Gasteiger charge is -2.17. The van der Waals surface area contributed by atoms with Gasteiger partial charge in [-0.25, -0.2) is 4.79 Å². The maximum atomic E-state index is 11.4. The first-order chi connectivity index (χ1) is 10.6. The summed E-state index contributed by atoms with van der Waals surface area (Å²) in [5.74, 6) is -0.611. The molecule has 0 bridgehead atoms. The second-order valence-electron chi connectivity index (χ2n) is 5.86. The number of carbonyl (C=O) groups excluding carboxylic acids is 1. The lowest BCUT2D eigenvalue weighted by atomic mass is 9.91. The fourth-order valence-corrected chi connectivity index (χ4v) is 2.62. The number of allylic oxidation sites excluding steroid dienone is 2. The van der Waals surface area contributed by atoms with Gasteiger partial charge in [-0.15, -0.1) is 0 Å². The molecule has 0 amide bonds. The molecule has 1 aliphatic rings. The third-order valence-electron chi connectivity index (χ3n) is 4.03. The number of aliphatic hydroxyl groups is 1. The van der Waals surface area contributed by atoms with Gasteiger partial charge in [-0.05, 0) is 49.3 Å². The summed E-state index contributed by atoms with van der Waals surface area (Å²) in [4.78, 5) is 11.4. The van der Waals surface area contributed by atoms with Crippen molar-refractivity contribution in [3.8, 4) is 0 Å². The van der Waals surface area contributed by atoms with E-state index in [-0.39, 0.29) is 19.1 Å². The zero-order chi connectivity index (χ0) is 15.9. The number of ether oxygens (including phenoxy) is 1. The summed E-state index contributed by atoms with van der Waals surface area (Å²) in [6.45, 7) is 5.29. The number of aliphatic hydroxyl groups excluding tert-OH is 1. The van der Waals surface area contributed by atoms with Crippen LogP contribution in [0.1, 0.15) is 49.7 Å². The SMILES string of the molecule is C=C(C)C(=O)OCC(CO)c1ccc(C2=CCCCC2)cc1. The van der Waals surface area contributed by atoms with Gasteiger partial charge in [-0.1, -0.05) is 36.9 Å². The monoisotopic (exact) mass is 300 g/mol. The van der Waals surface area contributed by atoms with Crippen molar-refractivity contribution in [2.24, 2.45) is 0 Å². The van der Waals surface area contributed by atoms with Crippen molar-refractivity contribution in [1.29, 1.82) is 0 Å². The van der Waals surface area contributed by atoms with Crippen molar-refractivity contribution >= 4 is 11.5 Å². The fraction of sp³-hybridized carbons (Fsp3) is 0.421. The Morgan fingerprint density at radius 3 is 2.59 bits per heavy atom. The molecule has 0 spiro atoms. The molecule has 22 heavy (non-hydrogen) atoms. The largest absolute Gasteiger partial charge is 0.462 e. The van der Waals surface area contributed by atoms with Crippen molar-refractivity contribution in [1.82, 2.24) is 0 Å². The van der Waals surface area contributed by atoms with Crippen LogP contribution in [-0.2, 0) is 9.53 Å². The highest BCUT2D eigenvalue weighted by atomic mass is 16.5. The third-order valence-corrected chi connectivity index (χ3v) is 4.03. The summed E-state index contributed by atoms with van der Waals surface area (Å²) in [6, 6.07) is 8.21. The minimum absolute atomic E-state index is 0.0501. The van der Waals surface area contributed by atoms with Crippen LogP contribution in [0, 0.1) is 0 Å². The normalized spacial score (nSPS) is 15.8. The van der Waals surface area contributed by atoms with E-state index in [4.69, 9.17) is 4.74 Å². The minimum Gasteiger partial charge on any atom is -0.462 e. The maximum absolute atomic E-state index is 11.4. The predicted octanol–water partition coefficient (Wildman–Crippen LogP) is 3.84. The molecule has 0 fully saturated rings. The molecule has 1 aliphatic carbocycles. The van der Waals surface area contributed by atoms with E-state index < -0.39 is 5.97 Å². The highest BCUT2D eigenvalue weighted by molar-refractivity contribution is 5.86. The van der Waals surface area contributed by atoms with Crippen LogP contribution < -0.4 is 0 Å². The maximum Gasteiger partial charge on any atom is 0.333 e. The molecule has 1 N–H and O–H groups in total. The Kier molecular flexibility index (Phi) is 5.96. The van der Waals surface area contributed by atoms with E-state index in [1.807, 2.05) is 12.1 Å². The Morgan fingerprint density at radius 2 is 2.05 bits per heavy atom. The van der Waals surface area contributed by atoms with Crippen LogP contribution in [0.5, 0.6) is 0 Å². The standard InChI is InChI=1S/C19H24O3/c1-14(2)19(21)22-13-18(12-20)17-10-8-16(9-11-17)15-6-4-3-5-7-15/h6,8-11,18,20H,1,3-5,7,12-13H2,2H3. The summed E-state index contributed by atoms with van der Waals surface area (Å²) < 4.78 is 5.15. The van der Waals surface area contributed by atoms with Crippen molar-refractivity contribution in [2.45, 2.75) is 38.5 Å². The topological polar surface area (TPSA) is 46.5 Å². The number of hydrogen-bond acceptors (Lipinski definition) is 3. The lowest BCUT2D eigenvalue weighted by molar-refractivity contribution is -0.139. The molecule has 3 nitrogen and oxygen atoms in total. The molecular formula is C19H24O3. The Labute approximate surface area is 132 Å². The average molecular weight is 300 g/mol. The van der Waals surface area contributed by atoms with Crippen LogP contribution in [0.25, 0.3) is 5.57 Å². The van der Waals surface area contributed by atoms with Crippen molar-refractivity contribution in [3.05, 3.63) is 53.6 Å². The smallest absolute Gasteiger partial charge is 0.333 e. The lowest BCUT2D eigenvalue weighted by Crippen LogP contribution is -2.16. The molecule has 0 aliphatic heterocycles. The Bertz CT molecular complexity index is 555. The molecule has 0 radical (unpaired) electrons. The summed E-state index contributed by atoms with van der Waals surface area (Å²) >= 11 is 0. The van der Waals surface area contributed by atoms with Gasteiger partial charge >= 0.3 is 5.97 Å². The summed E-state index contributed by atoms with van der Waals surface area (Å²) in [7, 11) is 0. The van der Waals surface area contributed by atoms with Crippen LogP contribution >= 0.6 is 0 Å². The second kappa shape index (κ2) is 7.95. The summed E-state index contributed by atoms with van der Waals surface area (Å²) in [5, 5.41) is 9.52. The van der Waals surface area contributed by atoms with Crippen molar-refractivity contribution in [2.75, 3.05) is 13.2 Å². The third kappa shape index (κ3) is 4.31.